The first-order chi connectivity index (χ1) is 10.8. The Kier molecular flexibility index (Phi) is 3.41. The molecule has 6 nitrogen and oxygen atoms in total. The van der Waals surface area contributed by atoms with E-state index in [2.05, 4.69) is 36.5 Å². The van der Waals surface area contributed by atoms with Crippen molar-refractivity contribution in [1.29, 1.82) is 0 Å². The van der Waals surface area contributed by atoms with Crippen molar-refractivity contribution < 1.29 is 4.74 Å². The Morgan fingerprint density at radius 3 is 2.68 bits per heavy atom. The van der Waals surface area contributed by atoms with Crippen LogP contribution in [0.5, 0.6) is 5.75 Å². The molecule has 4 rings (SSSR count). The zero-order valence-electron chi connectivity index (χ0n) is 11.5. The molecule has 0 fully saturated rings. The molecule has 0 saturated heterocycles. The van der Waals surface area contributed by atoms with E-state index in [1.54, 1.807) is 16.2 Å². The minimum absolute atomic E-state index is 0.812. The topological polar surface area (TPSA) is 57.2 Å². The van der Waals surface area contributed by atoms with Crippen LogP contribution < -0.4 is 4.74 Å². The summed E-state index contributed by atoms with van der Waals surface area (Å²) in [6.07, 6.45) is 3.79. The summed E-state index contributed by atoms with van der Waals surface area (Å²) in [7, 11) is 3.22. The summed E-state index contributed by atoms with van der Waals surface area (Å²) in [5.41, 5.74) is 4.49. The summed E-state index contributed by atoms with van der Waals surface area (Å²) in [5.74, 6) is 0.817. The Morgan fingerprint density at radius 2 is 1.95 bits per heavy atom. The first-order valence-corrected chi connectivity index (χ1v) is 9.78. The van der Waals surface area contributed by atoms with E-state index in [9.17, 15) is 0 Å². The second-order valence-corrected chi connectivity index (χ2v) is 6.35. The van der Waals surface area contributed by atoms with E-state index >= 15 is 0 Å². The molecule has 0 spiro atoms. The average molecular weight is 423 g/mol. The van der Waals surface area contributed by atoms with Gasteiger partial charge in [0.1, 0.15) is 22.5 Å². The third kappa shape index (κ3) is 2.05. The molecular weight excluding hydrogens is 413 g/mol. The molecule has 0 unspecified atom stereocenters. The van der Waals surface area contributed by atoms with Gasteiger partial charge < -0.3 is 4.74 Å². The van der Waals surface area contributed by atoms with Crippen molar-refractivity contribution in [3.8, 4) is 17.0 Å². The maximum absolute atomic E-state index is 5.19. The van der Waals surface area contributed by atoms with E-state index in [0.717, 1.165) is 33.7 Å². The minimum atomic E-state index is 0.812. The molecule has 22 heavy (non-hydrogen) atoms. The molecule has 0 N–H and O–H groups in total. The standard InChI is InChI=1S/C14H10IN5OS/c1-21-10-4-2-9(3-5-10)13-12-8-16-14-11(20(12)18-17-13)6-7-19(14)22-15/h2-8H,1H3. The third-order valence-corrected chi connectivity index (χ3v) is 5.20. The van der Waals surface area contributed by atoms with Crippen LogP contribution in [0.2, 0.25) is 0 Å². The molecule has 0 amide bonds. The molecule has 0 aliphatic rings. The van der Waals surface area contributed by atoms with E-state index < -0.39 is 0 Å². The second-order valence-electron chi connectivity index (χ2n) is 4.64. The highest BCUT2D eigenvalue weighted by Gasteiger charge is 2.13. The molecule has 110 valence electrons. The first-order valence-electron chi connectivity index (χ1n) is 6.47. The normalized spacial score (nSPS) is 11.4. The molecule has 1 aromatic carbocycles. The number of hydrogen-bond donors (Lipinski definition) is 0. The van der Waals surface area contributed by atoms with Gasteiger partial charge in [-0.3, -0.25) is 3.97 Å². The van der Waals surface area contributed by atoms with E-state index in [0.29, 0.717) is 0 Å². The highest BCUT2D eigenvalue weighted by molar-refractivity contribution is 14.2. The number of rotatable bonds is 3. The van der Waals surface area contributed by atoms with Gasteiger partial charge in [0.2, 0.25) is 0 Å². The van der Waals surface area contributed by atoms with Gasteiger partial charge in [0.25, 0.3) is 0 Å². The van der Waals surface area contributed by atoms with Gasteiger partial charge in [-0.05, 0) is 30.3 Å². The van der Waals surface area contributed by atoms with Crippen molar-refractivity contribution in [2.45, 2.75) is 0 Å². The van der Waals surface area contributed by atoms with Crippen molar-refractivity contribution in [3.63, 3.8) is 0 Å². The summed E-state index contributed by atoms with van der Waals surface area (Å²) in [6.45, 7) is 0. The molecule has 0 aliphatic heterocycles. The molecule has 0 atom stereocenters. The molecule has 0 aliphatic carbocycles. The number of methoxy groups -OCH3 is 1. The average Bonchev–Trinajstić information content (AvgIpc) is 3.18. The van der Waals surface area contributed by atoms with Crippen molar-refractivity contribution in [1.82, 2.24) is 23.8 Å². The van der Waals surface area contributed by atoms with Gasteiger partial charge in [0, 0.05) is 42.1 Å². The number of fused-ring (bicyclic) bond motifs is 3. The predicted molar refractivity (Wildman–Crippen MR) is 95.3 cm³/mol. The van der Waals surface area contributed by atoms with Gasteiger partial charge in [0.05, 0.1) is 13.3 Å². The van der Waals surface area contributed by atoms with Crippen LogP contribution in [-0.2, 0) is 0 Å². The molecule has 0 radical (unpaired) electrons. The molecule has 0 bridgehead atoms. The number of halogens is 1. The fourth-order valence-electron chi connectivity index (χ4n) is 2.40. The maximum atomic E-state index is 5.19. The Bertz CT molecular complexity index is 963. The van der Waals surface area contributed by atoms with Gasteiger partial charge in [-0.25, -0.2) is 9.50 Å². The quantitative estimate of drug-likeness (QED) is 0.472. The third-order valence-electron chi connectivity index (χ3n) is 3.49. The minimum Gasteiger partial charge on any atom is -0.497 e. The number of benzene rings is 1. The Hall–Kier alpha value is -1.81. The van der Waals surface area contributed by atoms with Crippen LogP contribution in [-0.4, -0.2) is 30.9 Å². The summed E-state index contributed by atoms with van der Waals surface area (Å²) >= 11 is 2.23. The smallest absolute Gasteiger partial charge is 0.169 e. The van der Waals surface area contributed by atoms with Crippen LogP contribution in [0.3, 0.4) is 0 Å². The molecule has 0 saturated carbocycles. The fourth-order valence-corrected chi connectivity index (χ4v) is 3.67. The van der Waals surface area contributed by atoms with E-state index in [1.165, 1.54) is 0 Å². The Morgan fingerprint density at radius 1 is 1.14 bits per heavy atom. The molecule has 4 aromatic rings. The molecule has 8 heteroatoms. The number of nitrogens with zero attached hydrogens (tertiary/aromatic N) is 5. The van der Waals surface area contributed by atoms with Crippen LogP contribution in [0.1, 0.15) is 0 Å². The number of aromatic nitrogens is 5. The first kappa shape index (κ1) is 13.8. The lowest BCUT2D eigenvalue weighted by Crippen LogP contribution is -1.92. The summed E-state index contributed by atoms with van der Waals surface area (Å²) in [5, 5.41) is 8.60. The van der Waals surface area contributed by atoms with Crippen LogP contribution in [0.15, 0.2) is 42.7 Å². The van der Waals surface area contributed by atoms with Crippen molar-refractivity contribution in [3.05, 3.63) is 42.7 Å². The monoisotopic (exact) mass is 423 g/mol. The van der Waals surface area contributed by atoms with E-state index in [1.807, 2.05) is 51.2 Å². The zero-order chi connectivity index (χ0) is 15.1. The lowest BCUT2D eigenvalue weighted by Gasteiger charge is -2.02. The summed E-state index contributed by atoms with van der Waals surface area (Å²) < 4.78 is 9.00. The highest BCUT2D eigenvalue weighted by atomic mass is 127. The lowest BCUT2D eigenvalue weighted by atomic mass is 10.1. The summed E-state index contributed by atoms with van der Waals surface area (Å²) in [6, 6.07) is 9.76. The zero-order valence-corrected chi connectivity index (χ0v) is 14.4. The van der Waals surface area contributed by atoms with Gasteiger partial charge >= 0.3 is 0 Å². The van der Waals surface area contributed by atoms with E-state index in [-0.39, 0.29) is 0 Å². The van der Waals surface area contributed by atoms with Gasteiger partial charge in [-0.15, -0.1) is 5.10 Å². The maximum Gasteiger partial charge on any atom is 0.169 e. The van der Waals surface area contributed by atoms with Crippen molar-refractivity contribution >= 4 is 47.0 Å². The van der Waals surface area contributed by atoms with Crippen molar-refractivity contribution in [2.75, 3.05) is 7.11 Å². The van der Waals surface area contributed by atoms with Crippen LogP contribution >= 0.6 is 30.3 Å². The van der Waals surface area contributed by atoms with Crippen molar-refractivity contribution in [2.24, 2.45) is 0 Å². The number of ether oxygens (including phenoxy) is 1. The van der Waals surface area contributed by atoms with Gasteiger partial charge in [-0.1, -0.05) is 5.21 Å². The Labute approximate surface area is 142 Å². The van der Waals surface area contributed by atoms with Crippen LogP contribution in [0.25, 0.3) is 27.9 Å². The molecular formula is C14H10IN5OS. The lowest BCUT2D eigenvalue weighted by molar-refractivity contribution is 0.415. The SMILES string of the molecule is COc1ccc(-c2nnn3c2cnc2c3ccn2SI)cc1. The predicted octanol–water partition coefficient (Wildman–Crippen LogP) is 3.60. The largest absolute Gasteiger partial charge is 0.497 e. The summed E-state index contributed by atoms with van der Waals surface area (Å²) in [4.78, 5) is 4.54. The van der Waals surface area contributed by atoms with Gasteiger partial charge in [-0.2, -0.15) is 0 Å². The molecule has 3 aromatic heterocycles. The van der Waals surface area contributed by atoms with Crippen LogP contribution in [0, 0.1) is 0 Å². The molecule has 3 heterocycles. The Balaban J connectivity index is 1.92. The van der Waals surface area contributed by atoms with E-state index in [4.69, 9.17) is 4.74 Å². The number of hydrogen-bond acceptors (Lipinski definition) is 5. The van der Waals surface area contributed by atoms with Gasteiger partial charge in [0.15, 0.2) is 5.65 Å². The fraction of sp³-hybridized carbons (Fsp3) is 0.0714. The van der Waals surface area contributed by atoms with Crippen LogP contribution in [0.4, 0.5) is 0 Å². The second kappa shape index (κ2) is 5.43. The highest BCUT2D eigenvalue weighted by Crippen LogP contribution is 2.28.